The molecule has 0 amide bonds. The molecule has 0 heterocycles. The van der Waals surface area contributed by atoms with Crippen LogP contribution in [0.25, 0.3) is 0 Å². The molecule has 16 heteroatoms. The molecule has 0 spiro atoms. The molecule has 0 saturated heterocycles. The van der Waals surface area contributed by atoms with Crippen LogP contribution < -0.4 is 0 Å². The number of aliphatic hydroxyl groups is 7. The minimum atomic E-state index is -2.48. The van der Waals surface area contributed by atoms with E-state index in [2.05, 4.69) is 0 Å². The standard InChI is InChI=1S/C21H28O12.C5H12O4/c1-11(16(25)26)5-15(24)20(9-22,10-23)21(6-12(2)17(27)28,7-13(3)18(29)30)33-8-14(4)19(31)32;6-1-5(2-7,3-8)4-9/h5-8,15,22-24H,9-10H2,1-4H3,(H,25,26)(H,27,28)(H,29,30)(H,31,32);6-9H,1-4H2. The van der Waals surface area contributed by atoms with Crippen LogP contribution in [0, 0.1) is 10.8 Å². The van der Waals surface area contributed by atoms with Crippen molar-refractivity contribution in [1.82, 2.24) is 0 Å². The Hall–Kier alpha value is -3.64. The molecule has 0 saturated carbocycles. The topological polar surface area (TPSA) is 300 Å². The summed E-state index contributed by atoms with van der Waals surface area (Å²) < 4.78 is 5.53. The zero-order chi connectivity index (χ0) is 33.5. The zero-order valence-corrected chi connectivity index (χ0v) is 23.6. The van der Waals surface area contributed by atoms with Crippen LogP contribution in [-0.4, -0.2) is 131 Å². The van der Waals surface area contributed by atoms with Crippen molar-refractivity contribution in [3.8, 4) is 0 Å². The number of aliphatic hydroxyl groups excluding tert-OH is 7. The fourth-order valence-electron chi connectivity index (χ4n) is 3.00. The number of aliphatic carboxylic acids is 4. The summed E-state index contributed by atoms with van der Waals surface area (Å²) in [5, 5.41) is 102. The molecule has 1 unspecified atom stereocenters. The predicted octanol–water partition coefficient (Wildman–Crippen LogP) is -1.90. The average molecular weight is 609 g/mol. The zero-order valence-electron chi connectivity index (χ0n) is 23.6. The number of hydrogen-bond donors (Lipinski definition) is 11. The van der Waals surface area contributed by atoms with Gasteiger partial charge in [-0.2, -0.15) is 0 Å². The van der Waals surface area contributed by atoms with Crippen LogP contribution in [0.5, 0.6) is 0 Å². The van der Waals surface area contributed by atoms with Crippen LogP contribution >= 0.6 is 0 Å². The Morgan fingerprint density at radius 2 is 0.929 bits per heavy atom. The molecule has 0 aromatic heterocycles. The molecule has 11 N–H and O–H groups in total. The lowest BCUT2D eigenvalue weighted by atomic mass is 9.66. The number of carboxylic acid groups (broad SMARTS) is 4. The van der Waals surface area contributed by atoms with Crippen molar-refractivity contribution in [1.29, 1.82) is 0 Å². The number of hydrogen-bond acceptors (Lipinski definition) is 12. The lowest BCUT2D eigenvalue weighted by Gasteiger charge is -2.47. The van der Waals surface area contributed by atoms with Gasteiger partial charge in [0.1, 0.15) is 0 Å². The second-order valence-electron chi connectivity index (χ2n) is 9.49. The van der Waals surface area contributed by atoms with Gasteiger partial charge in [0.2, 0.25) is 0 Å². The van der Waals surface area contributed by atoms with Crippen molar-refractivity contribution in [2.45, 2.75) is 39.4 Å². The van der Waals surface area contributed by atoms with Crippen LogP contribution in [0.1, 0.15) is 27.7 Å². The molecule has 0 bridgehead atoms. The highest BCUT2D eigenvalue weighted by Gasteiger charge is 2.55. The van der Waals surface area contributed by atoms with Gasteiger partial charge in [-0.15, -0.1) is 0 Å². The number of ether oxygens (including phenoxy) is 1. The van der Waals surface area contributed by atoms with Gasteiger partial charge in [0.25, 0.3) is 0 Å². The normalized spacial score (nSPS) is 15.6. The molecular formula is C26H40O16. The molecule has 42 heavy (non-hydrogen) atoms. The quantitative estimate of drug-likeness (QED) is 0.0634. The Bertz CT molecular complexity index is 1010. The third-order valence-electron chi connectivity index (χ3n) is 6.30. The first-order valence-electron chi connectivity index (χ1n) is 12.0. The molecule has 0 aromatic carbocycles. The van der Waals surface area contributed by atoms with Crippen LogP contribution in [0.4, 0.5) is 0 Å². The van der Waals surface area contributed by atoms with Gasteiger partial charge < -0.3 is 60.9 Å². The van der Waals surface area contributed by atoms with E-state index in [9.17, 15) is 44.7 Å². The van der Waals surface area contributed by atoms with Crippen molar-refractivity contribution in [2.24, 2.45) is 10.8 Å². The lowest BCUT2D eigenvalue weighted by molar-refractivity contribution is -0.140. The monoisotopic (exact) mass is 608 g/mol. The summed E-state index contributed by atoms with van der Waals surface area (Å²) in [7, 11) is 0. The Labute approximate surface area is 241 Å². The van der Waals surface area contributed by atoms with Gasteiger partial charge in [0.15, 0.2) is 5.60 Å². The van der Waals surface area contributed by atoms with Crippen LogP contribution in [0.15, 0.2) is 46.8 Å². The second-order valence-corrected chi connectivity index (χ2v) is 9.49. The largest absolute Gasteiger partial charge is 0.485 e. The summed E-state index contributed by atoms with van der Waals surface area (Å²) in [5.74, 6) is -5.94. The lowest BCUT2D eigenvalue weighted by Crippen LogP contribution is -2.59. The van der Waals surface area contributed by atoms with E-state index in [1.165, 1.54) is 0 Å². The molecule has 240 valence electrons. The highest BCUT2D eigenvalue weighted by Crippen LogP contribution is 2.43. The van der Waals surface area contributed by atoms with Crippen LogP contribution in [0.2, 0.25) is 0 Å². The van der Waals surface area contributed by atoms with Gasteiger partial charge in [-0.25, -0.2) is 19.2 Å². The molecule has 0 aliphatic carbocycles. The second kappa shape index (κ2) is 18.0. The fourth-order valence-corrected chi connectivity index (χ4v) is 3.00. The number of rotatable bonds is 17. The summed E-state index contributed by atoms with van der Waals surface area (Å²) in [6.07, 6.45) is 0.895. The van der Waals surface area contributed by atoms with E-state index in [0.29, 0.717) is 6.26 Å². The Morgan fingerprint density at radius 1 is 0.595 bits per heavy atom. The molecule has 0 aromatic rings. The Balaban J connectivity index is 0. The van der Waals surface area contributed by atoms with E-state index in [1.807, 2.05) is 0 Å². The van der Waals surface area contributed by atoms with Crippen molar-refractivity contribution in [3.63, 3.8) is 0 Å². The van der Waals surface area contributed by atoms with Crippen molar-refractivity contribution < 1.29 is 80.1 Å². The first kappa shape index (κ1) is 40.5. The third-order valence-corrected chi connectivity index (χ3v) is 6.30. The highest BCUT2D eigenvalue weighted by atomic mass is 16.5. The first-order valence-corrected chi connectivity index (χ1v) is 12.0. The number of carbonyl (C=O) groups is 4. The summed E-state index contributed by atoms with van der Waals surface area (Å²) in [6.45, 7) is 0.351. The third kappa shape index (κ3) is 10.6. The van der Waals surface area contributed by atoms with Gasteiger partial charge >= 0.3 is 23.9 Å². The van der Waals surface area contributed by atoms with Gasteiger partial charge in [-0.05, 0) is 45.9 Å². The highest BCUT2D eigenvalue weighted by molar-refractivity contribution is 5.88. The van der Waals surface area contributed by atoms with E-state index < -0.39 is 108 Å². The maximum Gasteiger partial charge on any atom is 0.334 e. The Kier molecular flexibility index (Phi) is 17.4. The molecule has 0 aliphatic heterocycles. The minimum Gasteiger partial charge on any atom is -0.485 e. The first-order chi connectivity index (χ1) is 19.3. The average Bonchev–Trinajstić information content (AvgIpc) is 2.94. The summed E-state index contributed by atoms with van der Waals surface area (Å²) in [4.78, 5) is 45.5. The van der Waals surface area contributed by atoms with E-state index in [0.717, 1.165) is 45.9 Å². The smallest absolute Gasteiger partial charge is 0.334 e. The van der Waals surface area contributed by atoms with E-state index >= 15 is 0 Å². The fraction of sp³-hybridized carbons (Fsp3) is 0.538. The molecule has 0 fully saturated rings. The van der Waals surface area contributed by atoms with Crippen LogP contribution in [-0.2, 0) is 23.9 Å². The molecule has 0 aliphatic rings. The van der Waals surface area contributed by atoms with Crippen LogP contribution in [0.3, 0.4) is 0 Å². The molecule has 16 nitrogen and oxygen atoms in total. The Morgan fingerprint density at radius 3 is 1.17 bits per heavy atom. The van der Waals surface area contributed by atoms with E-state index in [-0.39, 0.29) is 0 Å². The molecule has 1 atom stereocenters. The summed E-state index contributed by atoms with van der Waals surface area (Å²) in [6, 6.07) is 0. The van der Waals surface area contributed by atoms with E-state index in [1.54, 1.807) is 0 Å². The van der Waals surface area contributed by atoms with Gasteiger partial charge in [-0.1, -0.05) is 0 Å². The minimum absolute atomic E-state index is 0.406. The predicted molar refractivity (Wildman–Crippen MR) is 143 cm³/mol. The molecule has 0 rings (SSSR count). The van der Waals surface area contributed by atoms with Crippen molar-refractivity contribution >= 4 is 23.9 Å². The van der Waals surface area contributed by atoms with Gasteiger partial charge in [0, 0.05) is 16.7 Å². The summed E-state index contributed by atoms with van der Waals surface area (Å²) >= 11 is 0. The van der Waals surface area contributed by atoms with Crippen molar-refractivity contribution in [2.75, 3.05) is 39.6 Å². The summed E-state index contributed by atoms with van der Waals surface area (Å²) in [5.41, 5.74) is -7.79. The SMILES string of the molecule is CC(=COC(C=C(C)C(=O)O)(C=C(C)C(=O)O)C(CO)(CO)C(O)C=C(C)C(=O)O)C(=O)O.OCC(CO)(CO)CO. The maximum absolute atomic E-state index is 11.5. The molecule has 0 radical (unpaired) electrons. The van der Waals surface area contributed by atoms with Gasteiger partial charge in [-0.3, -0.25) is 0 Å². The van der Waals surface area contributed by atoms with E-state index in [4.69, 9.17) is 35.4 Å². The van der Waals surface area contributed by atoms with Crippen molar-refractivity contribution in [3.05, 3.63) is 46.8 Å². The maximum atomic E-state index is 11.5. The van der Waals surface area contributed by atoms with Gasteiger partial charge in [0.05, 0.1) is 68.4 Å². The number of carboxylic acids is 4. The molecular weight excluding hydrogens is 568 g/mol.